The van der Waals surface area contributed by atoms with E-state index in [0.717, 1.165) is 30.9 Å². The highest BCUT2D eigenvalue weighted by Gasteiger charge is 2.27. The van der Waals surface area contributed by atoms with Crippen LogP contribution in [0.25, 0.3) is 0 Å². The van der Waals surface area contributed by atoms with Gasteiger partial charge in [-0.15, -0.1) is 0 Å². The van der Waals surface area contributed by atoms with Gasteiger partial charge in [0, 0.05) is 25.7 Å². The summed E-state index contributed by atoms with van der Waals surface area (Å²) in [5, 5.41) is 12.8. The third-order valence-electron chi connectivity index (χ3n) is 4.22. The summed E-state index contributed by atoms with van der Waals surface area (Å²) in [6.45, 7) is 11.8. The average Bonchev–Trinajstić information content (AvgIpc) is 2.75. The van der Waals surface area contributed by atoms with E-state index in [9.17, 15) is 5.26 Å². The van der Waals surface area contributed by atoms with E-state index >= 15 is 0 Å². The Morgan fingerprint density at radius 2 is 1.95 bits per heavy atom. The number of nitrogens with one attached hydrogen (secondary N) is 1. The second-order valence-electron chi connectivity index (χ2n) is 6.36. The van der Waals surface area contributed by atoms with Gasteiger partial charge in [-0.2, -0.15) is 5.26 Å². The van der Waals surface area contributed by atoms with Crippen LogP contribution in [-0.4, -0.2) is 19.1 Å². The van der Waals surface area contributed by atoms with E-state index in [0.29, 0.717) is 17.9 Å². The topological polar surface area (TPSA) is 39.1 Å². The molecule has 108 valence electrons. The van der Waals surface area contributed by atoms with Gasteiger partial charge >= 0.3 is 0 Å². The van der Waals surface area contributed by atoms with Crippen molar-refractivity contribution in [1.29, 1.82) is 5.26 Å². The fraction of sp³-hybridized carbons (Fsp3) is 0.588. The Kier molecular flexibility index (Phi) is 4.67. The molecule has 1 heterocycles. The quantitative estimate of drug-likeness (QED) is 0.914. The molecule has 1 fully saturated rings. The van der Waals surface area contributed by atoms with E-state index < -0.39 is 0 Å². The summed E-state index contributed by atoms with van der Waals surface area (Å²) < 4.78 is 0. The van der Waals surface area contributed by atoms with Crippen molar-refractivity contribution >= 4 is 5.69 Å². The number of benzene rings is 1. The predicted molar refractivity (Wildman–Crippen MR) is 83.7 cm³/mol. The monoisotopic (exact) mass is 271 g/mol. The lowest BCUT2D eigenvalue weighted by molar-refractivity contribution is 0.494. The number of nitriles is 1. The zero-order valence-corrected chi connectivity index (χ0v) is 13.0. The summed E-state index contributed by atoms with van der Waals surface area (Å²) >= 11 is 0. The van der Waals surface area contributed by atoms with Gasteiger partial charge in [-0.25, -0.2) is 0 Å². The van der Waals surface area contributed by atoms with Gasteiger partial charge in [-0.05, 0) is 29.5 Å². The minimum atomic E-state index is 0.459. The molecular formula is C17H25N3. The smallest absolute Gasteiger partial charge is 0.101 e. The van der Waals surface area contributed by atoms with Gasteiger partial charge in [0.15, 0.2) is 0 Å². The van der Waals surface area contributed by atoms with Gasteiger partial charge in [0.1, 0.15) is 6.07 Å². The maximum Gasteiger partial charge on any atom is 0.101 e. The SMILES string of the molecule is CC(C)NCc1ccc(N2CC(C)C(C)C2)c(C#N)c1. The second kappa shape index (κ2) is 6.28. The first-order valence-electron chi connectivity index (χ1n) is 7.52. The summed E-state index contributed by atoms with van der Waals surface area (Å²) in [6, 6.07) is 9.10. The van der Waals surface area contributed by atoms with Crippen LogP contribution in [0.2, 0.25) is 0 Å². The Labute approximate surface area is 122 Å². The Bertz CT molecular complexity index is 491. The number of hydrogen-bond acceptors (Lipinski definition) is 3. The van der Waals surface area contributed by atoms with Crippen LogP contribution in [0.4, 0.5) is 5.69 Å². The van der Waals surface area contributed by atoms with E-state index in [4.69, 9.17) is 0 Å². The molecule has 3 heteroatoms. The van der Waals surface area contributed by atoms with Crippen molar-refractivity contribution in [3.63, 3.8) is 0 Å². The molecule has 1 N–H and O–H groups in total. The maximum absolute atomic E-state index is 9.42. The van der Waals surface area contributed by atoms with Crippen molar-refractivity contribution in [2.24, 2.45) is 11.8 Å². The number of nitrogens with zero attached hydrogens (tertiary/aromatic N) is 2. The predicted octanol–water partition coefficient (Wildman–Crippen LogP) is 3.15. The number of hydrogen-bond donors (Lipinski definition) is 1. The largest absolute Gasteiger partial charge is 0.370 e. The van der Waals surface area contributed by atoms with Gasteiger partial charge < -0.3 is 10.2 Å². The third-order valence-corrected chi connectivity index (χ3v) is 4.22. The van der Waals surface area contributed by atoms with Gasteiger partial charge in [0.05, 0.1) is 11.3 Å². The van der Waals surface area contributed by atoms with Crippen LogP contribution in [-0.2, 0) is 6.54 Å². The zero-order valence-electron chi connectivity index (χ0n) is 13.0. The van der Waals surface area contributed by atoms with Crippen LogP contribution in [0.5, 0.6) is 0 Å². The molecule has 0 bridgehead atoms. The Hall–Kier alpha value is -1.53. The van der Waals surface area contributed by atoms with E-state index in [1.54, 1.807) is 0 Å². The second-order valence-corrected chi connectivity index (χ2v) is 6.36. The summed E-state index contributed by atoms with van der Waals surface area (Å²) in [4.78, 5) is 2.35. The highest BCUT2D eigenvalue weighted by atomic mass is 15.2. The van der Waals surface area contributed by atoms with Crippen molar-refractivity contribution in [3.8, 4) is 6.07 Å². The first-order chi connectivity index (χ1) is 9.51. The minimum Gasteiger partial charge on any atom is -0.370 e. The molecule has 0 spiro atoms. The summed E-state index contributed by atoms with van der Waals surface area (Å²) in [7, 11) is 0. The lowest BCUT2D eigenvalue weighted by atomic mass is 10.0. The molecule has 0 aliphatic carbocycles. The fourth-order valence-electron chi connectivity index (χ4n) is 2.71. The Balaban J connectivity index is 2.17. The molecule has 0 radical (unpaired) electrons. The molecule has 1 saturated heterocycles. The van der Waals surface area contributed by atoms with E-state index in [1.165, 1.54) is 5.56 Å². The molecular weight excluding hydrogens is 246 g/mol. The molecule has 1 aromatic carbocycles. The molecule has 1 aliphatic rings. The Morgan fingerprint density at radius 3 is 2.50 bits per heavy atom. The molecule has 1 aliphatic heterocycles. The first kappa shape index (κ1) is 14.9. The highest BCUT2D eigenvalue weighted by Crippen LogP contribution is 2.30. The van der Waals surface area contributed by atoms with Gasteiger partial charge in [-0.1, -0.05) is 33.8 Å². The van der Waals surface area contributed by atoms with Crippen molar-refractivity contribution in [3.05, 3.63) is 29.3 Å². The van der Waals surface area contributed by atoms with Crippen molar-refractivity contribution in [1.82, 2.24) is 5.32 Å². The molecule has 2 rings (SSSR count). The molecule has 1 aromatic rings. The Morgan fingerprint density at radius 1 is 1.30 bits per heavy atom. The van der Waals surface area contributed by atoms with Crippen molar-refractivity contribution in [2.45, 2.75) is 40.3 Å². The highest BCUT2D eigenvalue weighted by molar-refractivity contribution is 5.61. The summed E-state index contributed by atoms with van der Waals surface area (Å²) in [6.07, 6.45) is 0. The molecule has 3 nitrogen and oxygen atoms in total. The number of rotatable bonds is 4. The van der Waals surface area contributed by atoms with Crippen molar-refractivity contribution < 1.29 is 0 Å². The van der Waals surface area contributed by atoms with Crippen LogP contribution in [0.1, 0.15) is 38.8 Å². The molecule has 0 amide bonds. The average molecular weight is 271 g/mol. The fourth-order valence-corrected chi connectivity index (χ4v) is 2.71. The van der Waals surface area contributed by atoms with E-state index in [1.807, 2.05) is 6.07 Å². The van der Waals surface area contributed by atoms with Crippen LogP contribution >= 0.6 is 0 Å². The number of anilines is 1. The summed E-state index contributed by atoms with van der Waals surface area (Å²) in [5.41, 5.74) is 3.07. The van der Waals surface area contributed by atoms with Gasteiger partial charge in [0.25, 0.3) is 0 Å². The lowest BCUT2D eigenvalue weighted by Crippen LogP contribution is -2.23. The minimum absolute atomic E-state index is 0.459. The van der Waals surface area contributed by atoms with Crippen molar-refractivity contribution in [2.75, 3.05) is 18.0 Å². The third kappa shape index (κ3) is 3.32. The van der Waals surface area contributed by atoms with Crippen LogP contribution in [0.3, 0.4) is 0 Å². The maximum atomic E-state index is 9.42. The van der Waals surface area contributed by atoms with E-state index in [-0.39, 0.29) is 0 Å². The van der Waals surface area contributed by atoms with Crippen LogP contribution in [0.15, 0.2) is 18.2 Å². The molecule has 2 atom stereocenters. The zero-order chi connectivity index (χ0) is 14.7. The summed E-state index contributed by atoms with van der Waals surface area (Å²) in [5.74, 6) is 1.40. The van der Waals surface area contributed by atoms with E-state index in [2.05, 4.69) is 56.1 Å². The standard InChI is InChI=1S/C17H25N3/c1-12(2)19-9-15-5-6-17(16(7-15)8-18)20-10-13(3)14(4)11-20/h5-7,12-14,19H,9-11H2,1-4H3. The molecule has 0 aromatic heterocycles. The molecule has 20 heavy (non-hydrogen) atoms. The first-order valence-corrected chi connectivity index (χ1v) is 7.52. The van der Waals surface area contributed by atoms with Gasteiger partial charge in [-0.3, -0.25) is 0 Å². The van der Waals surface area contributed by atoms with Crippen LogP contribution < -0.4 is 10.2 Å². The van der Waals surface area contributed by atoms with Crippen LogP contribution in [0, 0.1) is 23.2 Å². The molecule has 2 unspecified atom stereocenters. The van der Waals surface area contributed by atoms with Gasteiger partial charge in [0.2, 0.25) is 0 Å². The normalized spacial score (nSPS) is 22.3. The lowest BCUT2D eigenvalue weighted by Gasteiger charge is -2.20. The molecule has 0 saturated carbocycles.